The number of nitrogens with one attached hydrogen (secondary N) is 3. The average Bonchev–Trinajstić information content (AvgIpc) is 3.35. The van der Waals surface area contributed by atoms with Crippen molar-refractivity contribution < 1.29 is 9.59 Å². The monoisotopic (exact) mass is 420 g/mol. The number of piperidine rings is 1. The smallest absolute Gasteiger partial charge is 0.324 e. The summed E-state index contributed by atoms with van der Waals surface area (Å²) in [5, 5.41) is 11.2. The maximum Gasteiger partial charge on any atom is 0.324 e. The second-order valence-corrected chi connectivity index (χ2v) is 8.58. The van der Waals surface area contributed by atoms with Crippen LogP contribution >= 0.6 is 11.3 Å². The third kappa shape index (κ3) is 5.93. The van der Waals surface area contributed by atoms with Crippen LogP contribution in [0.25, 0.3) is 0 Å². The van der Waals surface area contributed by atoms with Crippen LogP contribution in [-0.4, -0.2) is 73.5 Å². The van der Waals surface area contributed by atoms with Crippen molar-refractivity contribution in [2.75, 3.05) is 45.8 Å². The largest absolute Gasteiger partial charge is 0.357 e. The molecule has 1 unspecified atom stereocenters. The highest BCUT2D eigenvalue weighted by Gasteiger charge is 2.28. The molecular formula is C20H32N6O2S. The van der Waals surface area contributed by atoms with Gasteiger partial charge in [-0.3, -0.25) is 19.6 Å². The molecule has 0 radical (unpaired) electrons. The summed E-state index contributed by atoms with van der Waals surface area (Å²) in [4.78, 5) is 33.3. The molecule has 0 spiro atoms. The summed E-state index contributed by atoms with van der Waals surface area (Å²) in [6, 6.07) is 4.26. The summed E-state index contributed by atoms with van der Waals surface area (Å²) in [6.07, 6.45) is 2.46. The van der Waals surface area contributed by atoms with E-state index in [9.17, 15) is 9.59 Å². The molecule has 3 N–H and O–H groups in total. The van der Waals surface area contributed by atoms with Crippen molar-refractivity contribution in [3.05, 3.63) is 22.4 Å². The Bertz CT molecular complexity index is 684. The second-order valence-electron chi connectivity index (χ2n) is 7.60. The molecule has 9 heteroatoms. The van der Waals surface area contributed by atoms with E-state index in [-0.39, 0.29) is 24.5 Å². The zero-order chi connectivity index (χ0) is 20.6. The number of nitrogens with zero attached hydrogens (tertiary/aromatic N) is 3. The fraction of sp³-hybridized carbons (Fsp3) is 0.650. The fourth-order valence-corrected chi connectivity index (χ4v) is 4.55. The fourth-order valence-electron chi connectivity index (χ4n) is 3.69. The normalized spacial score (nSPS) is 20.1. The van der Waals surface area contributed by atoms with Gasteiger partial charge in [-0.1, -0.05) is 13.0 Å². The van der Waals surface area contributed by atoms with Gasteiger partial charge in [-0.05, 0) is 50.2 Å². The van der Waals surface area contributed by atoms with Crippen molar-refractivity contribution in [2.24, 2.45) is 10.9 Å². The number of thiophene rings is 1. The maximum atomic E-state index is 11.7. The van der Waals surface area contributed by atoms with E-state index in [4.69, 9.17) is 4.99 Å². The van der Waals surface area contributed by atoms with Gasteiger partial charge >= 0.3 is 6.03 Å². The van der Waals surface area contributed by atoms with Crippen molar-refractivity contribution in [3.8, 4) is 0 Å². The van der Waals surface area contributed by atoms with E-state index < -0.39 is 0 Å². The van der Waals surface area contributed by atoms with Gasteiger partial charge in [-0.25, -0.2) is 4.79 Å². The minimum atomic E-state index is -0.323. The van der Waals surface area contributed by atoms with Crippen LogP contribution in [0.5, 0.6) is 0 Å². The van der Waals surface area contributed by atoms with Crippen molar-refractivity contribution >= 4 is 29.2 Å². The quantitative estimate of drug-likeness (QED) is 0.338. The maximum absolute atomic E-state index is 11.7. The molecule has 160 valence electrons. The summed E-state index contributed by atoms with van der Waals surface area (Å²) in [6.45, 7) is 8.87. The van der Waals surface area contributed by atoms with E-state index in [1.807, 2.05) is 6.92 Å². The molecule has 29 heavy (non-hydrogen) atoms. The first-order chi connectivity index (χ1) is 14.1. The van der Waals surface area contributed by atoms with Gasteiger partial charge in [-0.2, -0.15) is 0 Å². The highest BCUT2D eigenvalue weighted by Crippen LogP contribution is 2.29. The molecule has 2 fully saturated rings. The van der Waals surface area contributed by atoms with Gasteiger partial charge in [0.2, 0.25) is 5.91 Å². The molecule has 1 aromatic heterocycles. The average molecular weight is 421 g/mol. The molecule has 0 aromatic carbocycles. The minimum Gasteiger partial charge on any atom is -0.357 e. The molecule has 1 aromatic rings. The van der Waals surface area contributed by atoms with Crippen molar-refractivity contribution in [1.82, 2.24) is 25.8 Å². The molecule has 2 aliphatic rings. The number of guanidine groups is 1. The lowest BCUT2D eigenvalue weighted by molar-refractivity contribution is -0.124. The molecule has 0 saturated carbocycles. The van der Waals surface area contributed by atoms with Crippen LogP contribution in [0.15, 0.2) is 22.5 Å². The number of imide groups is 1. The van der Waals surface area contributed by atoms with Gasteiger partial charge in [-0.15, -0.1) is 11.3 Å². The SMILES string of the molecule is CCNC(=NCC(c1cccs1)N1CCC(C)CC1)NCCN1C(=O)CNC1=O. The van der Waals surface area contributed by atoms with E-state index in [0.29, 0.717) is 25.6 Å². The first-order valence-electron chi connectivity index (χ1n) is 10.5. The summed E-state index contributed by atoms with van der Waals surface area (Å²) < 4.78 is 0. The molecule has 3 heterocycles. The van der Waals surface area contributed by atoms with Crippen LogP contribution in [0.3, 0.4) is 0 Å². The predicted molar refractivity (Wildman–Crippen MR) is 116 cm³/mol. The van der Waals surface area contributed by atoms with E-state index in [0.717, 1.165) is 25.6 Å². The van der Waals surface area contributed by atoms with E-state index in [1.165, 1.54) is 22.6 Å². The van der Waals surface area contributed by atoms with Gasteiger partial charge < -0.3 is 16.0 Å². The van der Waals surface area contributed by atoms with E-state index in [2.05, 4.69) is 45.3 Å². The summed E-state index contributed by atoms with van der Waals surface area (Å²) in [5.41, 5.74) is 0. The van der Waals surface area contributed by atoms with Gasteiger partial charge in [0, 0.05) is 24.5 Å². The number of carbonyl (C=O) groups is 2. The number of carbonyl (C=O) groups excluding carboxylic acids is 2. The first-order valence-corrected chi connectivity index (χ1v) is 11.3. The lowest BCUT2D eigenvalue weighted by Gasteiger charge is -2.35. The Morgan fingerprint density at radius 1 is 1.34 bits per heavy atom. The second kappa shape index (κ2) is 10.6. The topological polar surface area (TPSA) is 89.1 Å². The van der Waals surface area contributed by atoms with Crippen molar-refractivity contribution in [3.63, 3.8) is 0 Å². The Labute approximate surface area is 176 Å². The van der Waals surface area contributed by atoms with Gasteiger partial charge in [0.1, 0.15) is 0 Å². The number of hydrogen-bond donors (Lipinski definition) is 3. The molecule has 8 nitrogen and oxygen atoms in total. The molecule has 0 aliphatic carbocycles. The molecule has 1 atom stereocenters. The Morgan fingerprint density at radius 2 is 2.14 bits per heavy atom. The number of aliphatic imine (C=N–C) groups is 1. The van der Waals surface area contributed by atoms with Gasteiger partial charge in [0.05, 0.1) is 19.1 Å². The van der Waals surface area contributed by atoms with Crippen LogP contribution in [0.1, 0.15) is 37.6 Å². The zero-order valence-corrected chi connectivity index (χ0v) is 18.1. The van der Waals surface area contributed by atoms with Crippen LogP contribution in [0.2, 0.25) is 0 Å². The number of amides is 3. The zero-order valence-electron chi connectivity index (χ0n) is 17.3. The van der Waals surface area contributed by atoms with Crippen LogP contribution < -0.4 is 16.0 Å². The van der Waals surface area contributed by atoms with E-state index >= 15 is 0 Å². The van der Waals surface area contributed by atoms with Gasteiger partial charge in [0.25, 0.3) is 0 Å². The highest BCUT2D eigenvalue weighted by molar-refractivity contribution is 7.10. The number of urea groups is 1. The lowest BCUT2D eigenvalue weighted by atomic mass is 9.97. The van der Waals surface area contributed by atoms with Crippen molar-refractivity contribution in [1.29, 1.82) is 0 Å². The summed E-state index contributed by atoms with van der Waals surface area (Å²) in [7, 11) is 0. The van der Waals surface area contributed by atoms with Crippen molar-refractivity contribution in [2.45, 2.75) is 32.7 Å². The molecule has 2 aliphatic heterocycles. The number of rotatable bonds is 8. The standard InChI is InChI=1S/C20H32N6O2S/c1-3-21-19(22-8-11-26-18(27)14-24-20(26)28)23-13-16(17-5-4-12-29-17)25-9-6-15(2)7-10-25/h4-5,12,15-16H,3,6-11,13-14H2,1-2H3,(H,24,28)(H2,21,22,23). The third-order valence-electron chi connectivity index (χ3n) is 5.46. The molecule has 3 rings (SSSR count). The lowest BCUT2D eigenvalue weighted by Crippen LogP contribution is -2.44. The third-order valence-corrected chi connectivity index (χ3v) is 6.44. The number of likely N-dealkylation sites (tertiary alicyclic amines) is 1. The van der Waals surface area contributed by atoms with Gasteiger partial charge in [0.15, 0.2) is 5.96 Å². The Hall–Kier alpha value is -2.13. The molecule has 2 saturated heterocycles. The Morgan fingerprint density at radius 3 is 2.76 bits per heavy atom. The number of hydrogen-bond acceptors (Lipinski definition) is 5. The Kier molecular flexibility index (Phi) is 7.88. The molecule has 0 bridgehead atoms. The predicted octanol–water partition coefficient (Wildman–Crippen LogP) is 1.63. The summed E-state index contributed by atoms with van der Waals surface area (Å²) in [5.74, 6) is 1.32. The molecular weight excluding hydrogens is 388 g/mol. The first kappa shape index (κ1) is 21.6. The molecule has 3 amide bonds. The summed E-state index contributed by atoms with van der Waals surface area (Å²) >= 11 is 1.79. The van der Waals surface area contributed by atoms with Crippen LogP contribution in [0, 0.1) is 5.92 Å². The minimum absolute atomic E-state index is 0.0872. The van der Waals surface area contributed by atoms with E-state index in [1.54, 1.807) is 11.3 Å². The Balaban J connectivity index is 1.59. The van der Waals surface area contributed by atoms with Crippen LogP contribution in [-0.2, 0) is 4.79 Å². The van der Waals surface area contributed by atoms with Crippen LogP contribution in [0.4, 0.5) is 4.79 Å². The highest BCUT2D eigenvalue weighted by atomic mass is 32.1.